The fourth-order valence-electron chi connectivity index (χ4n) is 1.36. The van der Waals surface area contributed by atoms with Crippen LogP contribution in [0.2, 0.25) is 0 Å². The van der Waals surface area contributed by atoms with Crippen LogP contribution in [0.5, 0.6) is 0 Å². The molecular formula is C9H9N5O5S. The van der Waals surface area contributed by atoms with Crippen molar-refractivity contribution >= 4 is 27.4 Å². The summed E-state index contributed by atoms with van der Waals surface area (Å²) in [5.74, 6) is 0.242. The van der Waals surface area contributed by atoms with Gasteiger partial charge in [-0.1, -0.05) is 5.16 Å². The number of nitro groups is 1. The maximum atomic E-state index is 12.0. The van der Waals surface area contributed by atoms with E-state index in [0.717, 1.165) is 18.2 Å². The fraction of sp³-hybridized carbons (Fsp3) is 0.111. The van der Waals surface area contributed by atoms with Crippen LogP contribution < -0.4 is 10.5 Å². The van der Waals surface area contributed by atoms with E-state index in [1.807, 2.05) is 4.72 Å². The summed E-state index contributed by atoms with van der Waals surface area (Å²) in [6.07, 6.45) is 0. The quantitative estimate of drug-likeness (QED) is 0.474. The normalized spacial score (nSPS) is 11.2. The molecule has 0 bridgehead atoms. The summed E-state index contributed by atoms with van der Waals surface area (Å²) in [5, 5.41) is 14.1. The molecule has 2 aromatic rings. The SMILES string of the molecule is Cc1noc(NS(=O)(=O)c2ccc(N)c([N+](=O)[O-])c2)n1. The van der Waals surface area contributed by atoms with Gasteiger partial charge in [0.1, 0.15) is 5.69 Å². The van der Waals surface area contributed by atoms with Crippen LogP contribution in [-0.4, -0.2) is 23.5 Å². The molecule has 10 nitrogen and oxygen atoms in total. The van der Waals surface area contributed by atoms with Crippen molar-refractivity contribution in [3.05, 3.63) is 34.1 Å². The second-order valence-corrected chi connectivity index (χ2v) is 5.41. The molecule has 3 N–H and O–H groups in total. The number of aromatic nitrogens is 2. The van der Waals surface area contributed by atoms with Crippen LogP contribution >= 0.6 is 0 Å². The number of anilines is 2. The highest BCUT2D eigenvalue weighted by Crippen LogP contribution is 2.25. The molecule has 1 aromatic carbocycles. The third-order valence-corrected chi connectivity index (χ3v) is 3.58. The zero-order valence-corrected chi connectivity index (χ0v) is 10.9. The van der Waals surface area contributed by atoms with Gasteiger partial charge in [-0.3, -0.25) is 10.1 Å². The van der Waals surface area contributed by atoms with Gasteiger partial charge in [0.05, 0.1) is 9.82 Å². The van der Waals surface area contributed by atoms with Crippen molar-refractivity contribution in [2.45, 2.75) is 11.8 Å². The lowest BCUT2D eigenvalue weighted by Crippen LogP contribution is -2.13. The Bertz CT molecular complexity index is 769. The van der Waals surface area contributed by atoms with Crippen LogP contribution in [0.25, 0.3) is 0 Å². The van der Waals surface area contributed by atoms with E-state index in [1.165, 1.54) is 6.92 Å². The number of nitrogens with one attached hydrogen (secondary N) is 1. The Morgan fingerprint density at radius 1 is 1.45 bits per heavy atom. The van der Waals surface area contributed by atoms with Gasteiger partial charge in [0.25, 0.3) is 15.7 Å². The molecule has 0 radical (unpaired) electrons. The topological polar surface area (TPSA) is 154 Å². The average molecular weight is 299 g/mol. The summed E-state index contributed by atoms with van der Waals surface area (Å²) in [7, 11) is -4.08. The van der Waals surface area contributed by atoms with Crippen molar-refractivity contribution in [3.8, 4) is 0 Å². The predicted molar refractivity (Wildman–Crippen MR) is 67.4 cm³/mol. The Morgan fingerprint density at radius 2 is 2.15 bits per heavy atom. The zero-order valence-electron chi connectivity index (χ0n) is 10.1. The highest BCUT2D eigenvalue weighted by molar-refractivity contribution is 7.92. The summed E-state index contributed by atoms with van der Waals surface area (Å²) < 4.78 is 30.6. The molecule has 20 heavy (non-hydrogen) atoms. The van der Waals surface area contributed by atoms with Crippen LogP contribution in [0, 0.1) is 17.0 Å². The Labute approximate surface area is 112 Å². The molecule has 106 valence electrons. The number of sulfonamides is 1. The number of nitrogens with two attached hydrogens (primary N) is 1. The molecule has 0 saturated carbocycles. The third kappa shape index (κ3) is 2.66. The highest BCUT2D eigenvalue weighted by atomic mass is 32.2. The number of hydrogen-bond acceptors (Lipinski definition) is 8. The Hall–Kier alpha value is -2.69. The van der Waals surface area contributed by atoms with Crippen molar-refractivity contribution in [2.24, 2.45) is 0 Å². The molecule has 0 spiro atoms. The van der Waals surface area contributed by atoms with Gasteiger partial charge in [-0.25, -0.2) is 13.1 Å². The van der Waals surface area contributed by atoms with E-state index in [0.29, 0.717) is 0 Å². The van der Waals surface area contributed by atoms with Crippen molar-refractivity contribution in [1.82, 2.24) is 10.1 Å². The van der Waals surface area contributed by atoms with Gasteiger partial charge < -0.3 is 10.3 Å². The van der Waals surface area contributed by atoms with Crippen LogP contribution in [0.15, 0.2) is 27.6 Å². The van der Waals surface area contributed by atoms with E-state index in [4.69, 9.17) is 5.73 Å². The molecule has 0 aliphatic heterocycles. The van der Waals surface area contributed by atoms with E-state index >= 15 is 0 Å². The highest BCUT2D eigenvalue weighted by Gasteiger charge is 2.22. The maximum Gasteiger partial charge on any atom is 0.335 e. The molecule has 0 amide bonds. The molecule has 0 atom stereocenters. The van der Waals surface area contributed by atoms with Gasteiger partial charge in [-0.15, -0.1) is 0 Å². The van der Waals surface area contributed by atoms with E-state index in [9.17, 15) is 18.5 Å². The molecule has 0 unspecified atom stereocenters. The zero-order chi connectivity index (χ0) is 14.9. The second kappa shape index (κ2) is 4.77. The number of hydrogen-bond donors (Lipinski definition) is 2. The standard InChI is InChI=1S/C9H9N5O5S/c1-5-11-9(19-12-5)13-20(17,18)6-2-3-7(10)8(4-6)14(15)16/h2-4H,10H2,1H3,(H,11,12,13). The first-order valence-corrected chi connectivity index (χ1v) is 6.65. The number of benzene rings is 1. The predicted octanol–water partition coefficient (Wildman–Crippen LogP) is 0.669. The number of nitro benzene ring substituents is 1. The Balaban J connectivity index is 2.39. The number of aryl methyl sites for hydroxylation is 1. The van der Waals surface area contributed by atoms with Crippen LogP contribution in [0.4, 0.5) is 17.4 Å². The molecule has 0 aliphatic carbocycles. The summed E-state index contributed by atoms with van der Waals surface area (Å²) in [4.78, 5) is 13.3. The average Bonchev–Trinajstić information content (AvgIpc) is 2.73. The van der Waals surface area contributed by atoms with E-state index in [1.54, 1.807) is 0 Å². The van der Waals surface area contributed by atoms with Gasteiger partial charge in [-0.05, 0) is 19.1 Å². The molecule has 0 saturated heterocycles. The smallest absolute Gasteiger partial charge is 0.335 e. The lowest BCUT2D eigenvalue weighted by Gasteiger charge is -2.04. The van der Waals surface area contributed by atoms with Crippen molar-refractivity contribution < 1.29 is 17.9 Å². The number of rotatable bonds is 4. The first-order valence-electron chi connectivity index (χ1n) is 5.16. The molecule has 11 heteroatoms. The summed E-state index contributed by atoms with van der Waals surface area (Å²) in [5.41, 5.74) is 4.75. The van der Waals surface area contributed by atoms with Gasteiger partial charge in [0.2, 0.25) is 0 Å². The fourth-order valence-corrected chi connectivity index (χ4v) is 2.31. The number of nitrogens with zero attached hydrogens (tertiary/aromatic N) is 3. The van der Waals surface area contributed by atoms with Gasteiger partial charge in [-0.2, -0.15) is 4.98 Å². The van der Waals surface area contributed by atoms with E-state index < -0.39 is 20.6 Å². The largest absolute Gasteiger partial charge is 0.393 e. The third-order valence-electron chi connectivity index (χ3n) is 2.26. The Morgan fingerprint density at radius 3 is 2.70 bits per heavy atom. The summed E-state index contributed by atoms with van der Waals surface area (Å²) in [6.45, 7) is 1.51. The monoisotopic (exact) mass is 299 g/mol. The molecule has 0 fully saturated rings. The molecule has 1 aromatic heterocycles. The molecule has 0 aliphatic rings. The van der Waals surface area contributed by atoms with Crippen molar-refractivity contribution in [1.29, 1.82) is 0 Å². The lowest BCUT2D eigenvalue weighted by atomic mass is 10.3. The minimum Gasteiger partial charge on any atom is -0.393 e. The van der Waals surface area contributed by atoms with E-state index in [-0.39, 0.29) is 22.4 Å². The van der Waals surface area contributed by atoms with Gasteiger partial charge in [0, 0.05) is 6.07 Å². The van der Waals surface area contributed by atoms with Crippen molar-refractivity contribution in [3.63, 3.8) is 0 Å². The van der Waals surface area contributed by atoms with Crippen LogP contribution in [-0.2, 0) is 10.0 Å². The Kier molecular flexibility index (Phi) is 3.28. The first kappa shape index (κ1) is 13.7. The summed E-state index contributed by atoms with van der Waals surface area (Å²) in [6, 6.07) is 2.78. The minimum atomic E-state index is -4.08. The first-order chi connectivity index (χ1) is 9.29. The minimum absolute atomic E-state index is 0.136. The van der Waals surface area contributed by atoms with Gasteiger partial charge in [0.15, 0.2) is 5.82 Å². The van der Waals surface area contributed by atoms with Crippen LogP contribution in [0.3, 0.4) is 0 Å². The second-order valence-electron chi connectivity index (χ2n) is 3.73. The molecule has 1 heterocycles. The number of nitrogen functional groups attached to an aromatic ring is 1. The van der Waals surface area contributed by atoms with Gasteiger partial charge >= 0.3 is 6.01 Å². The lowest BCUT2D eigenvalue weighted by molar-refractivity contribution is -0.384. The molecular weight excluding hydrogens is 290 g/mol. The maximum absolute atomic E-state index is 12.0. The van der Waals surface area contributed by atoms with Crippen LogP contribution in [0.1, 0.15) is 5.82 Å². The van der Waals surface area contributed by atoms with E-state index in [2.05, 4.69) is 14.7 Å². The molecule has 2 rings (SSSR count). The van der Waals surface area contributed by atoms with Crippen molar-refractivity contribution in [2.75, 3.05) is 10.5 Å². The summed E-state index contributed by atoms with van der Waals surface area (Å²) >= 11 is 0.